The molecule has 1 aromatic rings. The van der Waals surface area contributed by atoms with Crippen LogP contribution >= 0.6 is 0 Å². The van der Waals surface area contributed by atoms with Gasteiger partial charge in [-0.15, -0.1) is 0 Å². The lowest BCUT2D eigenvalue weighted by Gasteiger charge is -2.62. The van der Waals surface area contributed by atoms with Gasteiger partial charge in [-0.25, -0.2) is 4.79 Å². The van der Waals surface area contributed by atoms with Crippen molar-refractivity contribution in [1.82, 2.24) is 0 Å². The number of ether oxygens (including phenoxy) is 1. The first-order valence-electron chi connectivity index (χ1n) is 16.1. The summed E-state index contributed by atoms with van der Waals surface area (Å²) in [5.41, 5.74) is 1.04. The minimum Gasteiger partial charge on any atom is -0.458 e. The minimum absolute atomic E-state index is 0.108. The van der Waals surface area contributed by atoms with Gasteiger partial charge in [-0.1, -0.05) is 59.7 Å². The number of Topliss-reactive ketones (excluding diaryl/α,β-unsaturated/α-hetero) is 1. The zero-order valence-electron chi connectivity index (χ0n) is 26.4. The fourth-order valence-corrected chi connectivity index (χ4v) is 10.7. The van der Waals surface area contributed by atoms with Gasteiger partial charge in [-0.05, 0) is 109 Å². The summed E-state index contributed by atoms with van der Waals surface area (Å²) in [6.07, 6.45) is 7.99. The summed E-state index contributed by atoms with van der Waals surface area (Å²) in [4.78, 5) is 26.0. The first kappa shape index (κ1) is 30.0. The van der Waals surface area contributed by atoms with Gasteiger partial charge in [-0.2, -0.15) is 0 Å². The highest BCUT2D eigenvalue weighted by atomic mass is 28.4. The molecule has 0 aliphatic heterocycles. The monoisotopic (exact) mass is 566 g/mol. The Bertz CT molecular complexity index is 1090. The van der Waals surface area contributed by atoms with Crippen LogP contribution in [0.25, 0.3) is 0 Å². The van der Waals surface area contributed by atoms with Gasteiger partial charge < -0.3 is 9.16 Å². The van der Waals surface area contributed by atoms with E-state index in [0.717, 1.165) is 25.9 Å². The van der Waals surface area contributed by atoms with E-state index in [1.807, 2.05) is 30.3 Å². The molecule has 0 spiro atoms. The molecule has 0 amide bonds. The lowest BCUT2D eigenvalue weighted by atomic mass is 9.44. The molecule has 0 bridgehead atoms. The molecule has 222 valence electrons. The minimum atomic E-state index is -1.80. The first-order chi connectivity index (χ1) is 18.7. The molecule has 4 aliphatic carbocycles. The van der Waals surface area contributed by atoms with Gasteiger partial charge in [-0.3, -0.25) is 4.79 Å². The standard InChI is InChI=1S/C35H54O4Si/c1-23(22-38-40(7,8)33(2,3)4)27-14-15-28-31-29(17-19-35(27,28)6)34(5)18-16-26(36)20-25(34)21-30(31)39-32(37)24-12-10-9-11-13-24/h9-13,23,25,27-31H,14-22H2,1-8H3/t23-,25-,27-,28+,29+,30-,31+,34+,35-/m1/s1. The Kier molecular flexibility index (Phi) is 8.00. The van der Waals surface area contributed by atoms with E-state index < -0.39 is 8.32 Å². The highest BCUT2D eigenvalue weighted by Gasteiger charge is 2.64. The molecule has 5 heteroatoms. The molecule has 4 fully saturated rings. The molecule has 9 atom stereocenters. The Balaban J connectivity index is 1.41. The quantitative estimate of drug-likeness (QED) is 0.255. The number of hydrogen-bond acceptors (Lipinski definition) is 4. The molecule has 0 aromatic heterocycles. The van der Waals surface area contributed by atoms with Crippen LogP contribution in [0.1, 0.15) is 103 Å². The number of fused-ring (bicyclic) bond motifs is 5. The molecule has 0 N–H and O–H groups in total. The molecular formula is C35H54O4Si. The zero-order valence-corrected chi connectivity index (χ0v) is 27.4. The molecule has 5 rings (SSSR count). The van der Waals surface area contributed by atoms with Crippen LogP contribution in [0.2, 0.25) is 18.1 Å². The Morgan fingerprint density at radius 2 is 1.70 bits per heavy atom. The van der Waals surface area contributed by atoms with Crippen molar-refractivity contribution in [2.75, 3.05) is 6.61 Å². The maximum absolute atomic E-state index is 13.4. The summed E-state index contributed by atoms with van der Waals surface area (Å²) < 4.78 is 13.2. The number of benzene rings is 1. The van der Waals surface area contributed by atoms with Gasteiger partial charge in [0, 0.05) is 25.4 Å². The van der Waals surface area contributed by atoms with Crippen molar-refractivity contribution in [3.63, 3.8) is 0 Å². The summed E-state index contributed by atoms with van der Waals surface area (Å²) in [6.45, 7) is 20.0. The number of esters is 1. The van der Waals surface area contributed by atoms with Crippen LogP contribution in [0.4, 0.5) is 0 Å². The van der Waals surface area contributed by atoms with Crippen LogP contribution in [0.3, 0.4) is 0 Å². The first-order valence-corrected chi connectivity index (χ1v) is 19.0. The third-order valence-corrected chi connectivity index (χ3v) is 17.5. The van der Waals surface area contributed by atoms with Crippen molar-refractivity contribution < 1.29 is 18.8 Å². The van der Waals surface area contributed by atoms with E-state index in [0.29, 0.717) is 53.3 Å². The Morgan fingerprint density at radius 3 is 2.38 bits per heavy atom. The molecule has 0 heterocycles. The van der Waals surface area contributed by atoms with Crippen LogP contribution in [-0.4, -0.2) is 32.8 Å². The predicted octanol–water partition coefficient (Wildman–Crippen LogP) is 8.71. The Morgan fingerprint density at radius 1 is 1.02 bits per heavy atom. The molecule has 0 radical (unpaired) electrons. The third-order valence-electron chi connectivity index (χ3n) is 13.0. The average Bonchev–Trinajstić information content (AvgIpc) is 3.25. The molecule has 40 heavy (non-hydrogen) atoms. The van der Waals surface area contributed by atoms with Gasteiger partial charge in [0.05, 0.1) is 5.56 Å². The summed E-state index contributed by atoms with van der Waals surface area (Å²) in [5, 5.41) is 0.220. The van der Waals surface area contributed by atoms with Crippen molar-refractivity contribution in [2.45, 2.75) is 117 Å². The zero-order chi connectivity index (χ0) is 29.1. The van der Waals surface area contributed by atoms with Crippen LogP contribution in [0, 0.1) is 46.3 Å². The molecule has 0 saturated heterocycles. The second kappa shape index (κ2) is 10.7. The second-order valence-corrected chi connectivity index (χ2v) is 20.9. The van der Waals surface area contributed by atoms with Crippen molar-refractivity contribution in [1.29, 1.82) is 0 Å². The number of carbonyl (C=O) groups is 2. The van der Waals surface area contributed by atoms with Crippen molar-refractivity contribution in [3.8, 4) is 0 Å². The second-order valence-electron chi connectivity index (χ2n) is 16.1. The van der Waals surface area contributed by atoms with E-state index >= 15 is 0 Å². The maximum atomic E-state index is 13.4. The van der Waals surface area contributed by atoms with E-state index in [-0.39, 0.29) is 27.9 Å². The summed E-state index contributed by atoms with van der Waals surface area (Å²) in [7, 11) is -1.80. The topological polar surface area (TPSA) is 52.6 Å². The fraction of sp³-hybridized carbons (Fsp3) is 0.771. The average molecular weight is 567 g/mol. The third kappa shape index (κ3) is 5.16. The molecular weight excluding hydrogens is 512 g/mol. The van der Waals surface area contributed by atoms with Gasteiger partial charge in [0.25, 0.3) is 0 Å². The van der Waals surface area contributed by atoms with E-state index in [4.69, 9.17) is 9.16 Å². The molecule has 4 saturated carbocycles. The number of rotatable bonds is 6. The van der Waals surface area contributed by atoms with E-state index in [1.54, 1.807) is 0 Å². The van der Waals surface area contributed by atoms with Gasteiger partial charge in [0.2, 0.25) is 0 Å². The van der Waals surface area contributed by atoms with Gasteiger partial charge >= 0.3 is 5.97 Å². The van der Waals surface area contributed by atoms with Crippen LogP contribution in [-0.2, 0) is 14.0 Å². The lowest BCUT2D eigenvalue weighted by Crippen LogP contribution is -2.59. The van der Waals surface area contributed by atoms with Gasteiger partial charge in [0.1, 0.15) is 11.9 Å². The van der Waals surface area contributed by atoms with E-state index in [2.05, 4.69) is 54.6 Å². The lowest BCUT2D eigenvalue weighted by molar-refractivity contribution is -0.170. The number of hydrogen-bond donors (Lipinski definition) is 0. The Hall–Kier alpha value is -1.46. The van der Waals surface area contributed by atoms with Crippen LogP contribution in [0.15, 0.2) is 30.3 Å². The molecule has 1 aromatic carbocycles. The highest BCUT2D eigenvalue weighted by Crippen LogP contribution is 2.68. The van der Waals surface area contributed by atoms with Crippen LogP contribution < -0.4 is 0 Å². The Labute approximate surface area is 244 Å². The fourth-order valence-electron chi connectivity index (χ4n) is 9.54. The summed E-state index contributed by atoms with van der Waals surface area (Å²) >= 11 is 0. The van der Waals surface area contributed by atoms with E-state index in [1.165, 1.54) is 25.7 Å². The predicted molar refractivity (Wildman–Crippen MR) is 164 cm³/mol. The summed E-state index contributed by atoms with van der Waals surface area (Å²) in [5.74, 6) is 3.11. The maximum Gasteiger partial charge on any atom is 0.338 e. The molecule has 0 unspecified atom stereocenters. The van der Waals surface area contributed by atoms with Crippen molar-refractivity contribution in [2.24, 2.45) is 46.3 Å². The van der Waals surface area contributed by atoms with Crippen LogP contribution in [0.5, 0.6) is 0 Å². The van der Waals surface area contributed by atoms with Crippen molar-refractivity contribution >= 4 is 20.1 Å². The number of ketones is 1. The molecule has 4 aliphatic rings. The summed E-state index contributed by atoms with van der Waals surface area (Å²) in [6, 6.07) is 9.47. The van der Waals surface area contributed by atoms with Crippen molar-refractivity contribution in [3.05, 3.63) is 35.9 Å². The van der Waals surface area contributed by atoms with E-state index in [9.17, 15) is 9.59 Å². The number of carbonyl (C=O) groups excluding carboxylic acids is 2. The smallest absolute Gasteiger partial charge is 0.338 e. The SMILES string of the molecule is C[C@H](CO[Si](C)(C)C(C)(C)C)[C@H]1CC[C@H]2[C@@H]3[C@H](OC(=O)c4ccccc4)C[C@H]4CC(=O)CC[C@]4(C)[C@H]3CC[C@]12C. The molecule has 4 nitrogen and oxygen atoms in total. The largest absolute Gasteiger partial charge is 0.458 e. The van der Waals surface area contributed by atoms with Gasteiger partial charge in [0.15, 0.2) is 8.32 Å². The normalized spacial score (nSPS) is 38.6. The highest BCUT2D eigenvalue weighted by molar-refractivity contribution is 6.74.